The molecule has 0 fully saturated rings. The van der Waals surface area contributed by atoms with Crippen LogP contribution in [0.5, 0.6) is 0 Å². The smallest absolute Gasteiger partial charge is 0.420 e. The number of ether oxygens (including phenoxy) is 2. The van der Waals surface area contributed by atoms with Crippen molar-refractivity contribution in [3.05, 3.63) is 60.2 Å². The van der Waals surface area contributed by atoms with E-state index in [1.807, 2.05) is 0 Å². The lowest BCUT2D eigenvalue weighted by Crippen LogP contribution is -2.29. The number of fused-ring (bicyclic) bond motifs is 1. The summed E-state index contributed by atoms with van der Waals surface area (Å²) in [6.45, 7) is 5.07. The standard InChI is InChI=1S/C21H22N2O6S/c1-21(2,3)29-20(25)23-17-12-8-5-9-14(17)13-18(23)30(26,27)22-16-11-7-6-10-15(16)19(24)28-4/h5-13,22H,1-4H3. The molecular weight excluding hydrogens is 408 g/mol. The lowest BCUT2D eigenvalue weighted by Gasteiger charge is -2.21. The van der Waals surface area contributed by atoms with Crippen LogP contribution in [0.15, 0.2) is 59.6 Å². The summed E-state index contributed by atoms with van der Waals surface area (Å²) in [4.78, 5) is 24.8. The van der Waals surface area contributed by atoms with Crippen LogP contribution in [0.25, 0.3) is 10.9 Å². The second-order valence-corrected chi connectivity index (χ2v) is 9.13. The van der Waals surface area contributed by atoms with E-state index in [0.717, 1.165) is 4.57 Å². The summed E-state index contributed by atoms with van der Waals surface area (Å²) in [6.07, 6.45) is -0.828. The molecule has 0 spiro atoms. The van der Waals surface area contributed by atoms with E-state index in [2.05, 4.69) is 4.72 Å². The molecule has 3 rings (SSSR count). The molecule has 1 N–H and O–H groups in total. The number of para-hydroxylation sites is 2. The van der Waals surface area contributed by atoms with Gasteiger partial charge in [0, 0.05) is 5.39 Å². The van der Waals surface area contributed by atoms with E-state index in [1.54, 1.807) is 57.2 Å². The van der Waals surface area contributed by atoms with Crippen LogP contribution in [0.4, 0.5) is 10.5 Å². The van der Waals surface area contributed by atoms with Crippen LogP contribution in [0.3, 0.4) is 0 Å². The van der Waals surface area contributed by atoms with Crippen LogP contribution >= 0.6 is 0 Å². The molecular formula is C21H22N2O6S. The van der Waals surface area contributed by atoms with Gasteiger partial charge in [-0.15, -0.1) is 0 Å². The molecule has 0 saturated heterocycles. The van der Waals surface area contributed by atoms with Crippen LogP contribution < -0.4 is 4.72 Å². The number of nitrogens with one attached hydrogen (secondary N) is 1. The maximum absolute atomic E-state index is 13.2. The Kier molecular flexibility index (Phi) is 5.58. The summed E-state index contributed by atoms with van der Waals surface area (Å²) in [6, 6.07) is 14.2. The Labute approximate surface area is 174 Å². The topological polar surface area (TPSA) is 104 Å². The first kappa shape index (κ1) is 21.4. The van der Waals surface area contributed by atoms with Crippen LogP contribution in [-0.4, -0.2) is 37.8 Å². The van der Waals surface area contributed by atoms with Crippen LogP contribution in [0.1, 0.15) is 31.1 Å². The first-order chi connectivity index (χ1) is 14.0. The van der Waals surface area contributed by atoms with Crippen LogP contribution in [0.2, 0.25) is 0 Å². The van der Waals surface area contributed by atoms with Gasteiger partial charge in [0.25, 0.3) is 10.0 Å². The van der Waals surface area contributed by atoms with Gasteiger partial charge in [0.2, 0.25) is 0 Å². The number of esters is 1. The van der Waals surface area contributed by atoms with Gasteiger partial charge in [0.1, 0.15) is 5.60 Å². The van der Waals surface area contributed by atoms with Crippen molar-refractivity contribution in [2.45, 2.75) is 31.4 Å². The van der Waals surface area contributed by atoms with Crippen molar-refractivity contribution < 1.29 is 27.5 Å². The van der Waals surface area contributed by atoms with Crippen molar-refractivity contribution in [1.29, 1.82) is 0 Å². The SMILES string of the molecule is COC(=O)c1ccccc1NS(=O)(=O)c1cc2ccccc2n1C(=O)OC(C)(C)C. The number of carbonyl (C=O) groups is 2. The third kappa shape index (κ3) is 4.30. The molecule has 158 valence electrons. The van der Waals surface area contributed by atoms with Crippen molar-refractivity contribution in [3.63, 3.8) is 0 Å². The highest BCUT2D eigenvalue weighted by molar-refractivity contribution is 7.92. The minimum absolute atomic E-state index is 0.0327. The minimum Gasteiger partial charge on any atom is -0.465 e. The van der Waals surface area contributed by atoms with Crippen molar-refractivity contribution in [2.75, 3.05) is 11.8 Å². The largest absolute Gasteiger partial charge is 0.465 e. The molecule has 0 saturated carbocycles. The third-order valence-electron chi connectivity index (χ3n) is 4.11. The highest BCUT2D eigenvalue weighted by Crippen LogP contribution is 2.27. The first-order valence-corrected chi connectivity index (χ1v) is 10.6. The van der Waals surface area contributed by atoms with Crippen LogP contribution in [0, 0.1) is 0 Å². The number of carbonyl (C=O) groups excluding carboxylic acids is 2. The Morgan fingerprint density at radius 3 is 2.30 bits per heavy atom. The highest BCUT2D eigenvalue weighted by Gasteiger charge is 2.29. The van der Waals surface area contributed by atoms with E-state index in [9.17, 15) is 18.0 Å². The number of methoxy groups -OCH3 is 1. The molecule has 1 aromatic heterocycles. The predicted molar refractivity (Wildman–Crippen MR) is 112 cm³/mol. The highest BCUT2D eigenvalue weighted by atomic mass is 32.2. The zero-order chi connectivity index (χ0) is 22.1. The average molecular weight is 430 g/mol. The van der Waals surface area contributed by atoms with Gasteiger partial charge in [-0.2, -0.15) is 8.42 Å². The molecule has 0 atom stereocenters. The Bertz CT molecular complexity index is 1220. The van der Waals surface area contributed by atoms with Crippen molar-refractivity contribution in [3.8, 4) is 0 Å². The zero-order valence-corrected chi connectivity index (χ0v) is 17.8. The lowest BCUT2D eigenvalue weighted by atomic mass is 10.2. The fourth-order valence-electron chi connectivity index (χ4n) is 2.88. The maximum Gasteiger partial charge on any atom is 0.420 e. The molecule has 0 amide bonds. The molecule has 0 aliphatic heterocycles. The van der Waals surface area contributed by atoms with Gasteiger partial charge in [-0.3, -0.25) is 4.72 Å². The number of sulfonamides is 1. The number of hydrogen-bond donors (Lipinski definition) is 1. The minimum atomic E-state index is -4.27. The summed E-state index contributed by atoms with van der Waals surface area (Å²) in [7, 11) is -3.06. The van der Waals surface area contributed by atoms with Gasteiger partial charge in [0.15, 0.2) is 5.03 Å². The normalized spacial score (nSPS) is 11.9. The number of rotatable bonds is 4. The summed E-state index contributed by atoms with van der Waals surface area (Å²) in [5.41, 5.74) is -0.365. The predicted octanol–water partition coefficient (Wildman–Crippen LogP) is 4.01. The third-order valence-corrected chi connectivity index (χ3v) is 5.44. The molecule has 9 heteroatoms. The molecule has 0 bridgehead atoms. The van der Waals surface area contributed by atoms with E-state index < -0.39 is 27.7 Å². The van der Waals surface area contributed by atoms with Gasteiger partial charge in [-0.25, -0.2) is 14.2 Å². The number of aromatic nitrogens is 1. The van der Waals surface area contributed by atoms with Gasteiger partial charge in [0.05, 0.1) is 23.9 Å². The Morgan fingerprint density at radius 2 is 1.63 bits per heavy atom. The van der Waals surface area contributed by atoms with Gasteiger partial charge < -0.3 is 9.47 Å². The fourth-order valence-corrected chi connectivity index (χ4v) is 4.15. The van der Waals surface area contributed by atoms with E-state index >= 15 is 0 Å². The monoisotopic (exact) mass is 430 g/mol. The molecule has 1 heterocycles. The summed E-state index contributed by atoms with van der Waals surface area (Å²) >= 11 is 0. The number of benzene rings is 2. The second kappa shape index (κ2) is 7.83. The van der Waals surface area contributed by atoms with Crippen molar-refractivity contribution >= 4 is 38.7 Å². The van der Waals surface area contributed by atoms with Gasteiger partial charge >= 0.3 is 12.1 Å². The number of nitrogens with zero attached hydrogens (tertiary/aromatic N) is 1. The Hall–Kier alpha value is -3.33. The molecule has 30 heavy (non-hydrogen) atoms. The quantitative estimate of drug-likeness (QED) is 0.627. The molecule has 3 aromatic rings. The van der Waals surface area contributed by atoms with E-state index in [1.165, 1.54) is 25.3 Å². The number of hydrogen-bond acceptors (Lipinski definition) is 6. The summed E-state index contributed by atoms with van der Waals surface area (Å²) < 4.78 is 40.0. The summed E-state index contributed by atoms with van der Waals surface area (Å²) in [5.74, 6) is -0.694. The lowest BCUT2D eigenvalue weighted by molar-refractivity contribution is 0.0529. The Morgan fingerprint density at radius 1 is 1.00 bits per heavy atom. The molecule has 0 radical (unpaired) electrons. The number of anilines is 1. The first-order valence-electron chi connectivity index (χ1n) is 9.07. The molecule has 0 unspecified atom stereocenters. The van der Waals surface area contributed by atoms with Gasteiger partial charge in [-0.1, -0.05) is 30.3 Å². The molecule has 2 aromatic carbocycles. The van der Waals surface area contributed by atoms with E-state index in [4.69, 9.17) is 9.47 Å². The fraction of sp³-hybridized carbons (Fsp3) is 0.238. The zero-order valence-electron chi connectivity index (χ0n) is 17.0. The van der Waals surface area contributed by atoms with E-state index in [-0.39, 0.29) is 16.3 Å². The second-order valence-electron chi connectivity index (χ2n) is 7.50. The molecule has 0 aliphatic rings. The molecule has 8 nitrogen and oxygen atoms in total. The van der Waals surface area contributed by atoms with Gasteiger partial charge in [-0.05, 0) is 45.0 Å². The van der Waals surface area contributed by atoms with Crippen molar-refractivity contribution in [1.82, 2.24) is 4.57 Å². The Balaban J connectivity index is 2.13. The van der Waals surface area contributed by atoms with E-state index in [0.29, 0.717) is 10.9 Å². The molecule has 0 aliphatic carbocycles. The maximum atomic E-state index is 13.2. The van der Waals surface area contributed by atoms with Crippen LogP contribution in [-0.2, 0) is 19.5 Å². The van der Waals surface area contributed by atoms with Crippen molar-refractivity contribution in [2.24, 2.45) is 0 Å². The average Bonchev–Trinajstić information content (AvgIpc) is 3.07. The summed E-state index contributed by atoms with van der Waals surface area (Å²) in [5, 5.41) is 0.239.